The number of aliphatic hydroxyl groups is 1. The Hall–Kier alpha value is -5.06. The quantitative estimate of drug-likeness (QED) is 0.0169. The Bertz CT molecular complexity index is 2510. The average molecular weight is 1470 g/mol. The molecule has 5 atom stereocenters. The maximum Gasteiger partial charge on any atom is 0.472 e. The maximum atomic E-state index is 13.1. The Labute approximate surface area is 617 Å². The lowest BCUT2D eigenvalue weighted by Crippen LogP contribution is -2.30. The predicted octanol–water partition coefficient (Wildman–Crippen LogP) is 22.7. The van der Waals surface area contributed by atoms with E-state index in [1.165, 1.54) is 51.4 Å². The van der Waals surface area contributed by atoms with Crippen LogP contribution in [0.5, 0.6) is 0 Å². The molecule has 0 spiro atoms. The minimum atomic E-state index is -5.00. The summed E-state index contributed by atoms with van der Waals surface area (Å²) in [6, 6.07) is 0. The molecule has 5 unspecified atom stereocenters. The van der Waals surface area contributed by atoms with E-state index < -0.39 is 97.5 Å². The van der Waals surface area contributed by atoms with Gasteiger partial charge in [-0.05, 0) is 135 Å². The van der Waals surface area contributed by atoms with Gasteiger partial charge in [0.15, 0.2) is 12.2 Å². The summed E-state index contributed by atoms with van der Waals surface area (Å²) >= 11 is 0. The lowest BCUT2D eigenvalue weighted by molar-refractivity contribution is -0.161. The highest BCUT2D eigenvalue weighted by molar-refractivity contribution is 7.47. The van der Waals surface area contributed by atoms with Crippen LogP contribution < -0.4 is 0 Å². The first kappa shape index (κ1) is 96.9. The van der Waals surface area contributed by atoms with Gasteiger partial charge in [0.25, 0.3) is 0 Å². The van der Waals surface area contributed by atoms with Gasteiger partial charge in [0, 0.05) is 25.7 Å². The normalized spacial score (nSPS) is 14.7. The van der Waals surface area contributed by atoms with Crippen molar-refractivity contribution in [3.8, 4) is 0 Å². The van der Waals surface area contributed by atoms with E-state index in [2.05, 4.69) is 161 Å². The summed E-state index contributed by atoms with van der Waals surface area (Å²) in [6.07, 6.45) is 84.1. The summed E-state index contributed by atoms with van der Waals surface area (Å²) in [7, 11) is -9.99. The molecule has 0 heterocycles. The molecule has 0 saturated carbocycles. The Morgan fingerprint density at radius 2 is 0.520 bits per heavy atom. The molecule has 19 heteroatoms. The number of allylic oxidation sites excluding steroid dienone is 24. The van der Waals surface area contributed by atoms with E-state index >= 15 is 0 Å². The summed E-state index contributed by atoms with van der Waals surface area (Å²) in [5.74, 6) is -2.30. The zero-order chi connectivity index (χ0) is 74.6. The second kappa shape index (κ2) is 74.2. The number of carbonyl (C=O) groups is 4. The standard InChI is InChI=1S/C83H138O17P2/c1-5-9-13-17-21-25-29-33-36-38-41-44-47-51-55-59-63-67-80(85)93-73-78(99-82(87)69-65-61-57-53-49-43-32-28-24-20-16-12-8-4)75-97-101(89,90)95-71-77(84)72-96-102(91,92)98-76-79(100-83(88)70-66-62-58-54-50-46-40-35-31-27-23-19-15-11-7-3)74-94-81(86)68-64-60-56-52-48-45-42-39-37-34-30-26-22-18-14-10-6-2/h9-11,13-15,21-23,25-27,33-37,40,42,45,50,52,54,56,77-79,84H,5-8,12,16-20,24,28-32,38-39,41,43-44,46-49,51,53,55,57-76H2,1-4H3,(H,89,90)(H,91,92)/b13-9-,14-10-,15-11-,25-21-,26-22-,27-23-,36-33-,37-34-,40-35-,45-42-,54-50-,56-52-. The van der Waals surface area contributed by atoms with Crippen LogP contribution in [0.2, 0.25) is 0 Å². The number of aliphatic hydroxyl groups excluding tert-OH is 1. The van der Waals surface area contributed by atoms with Crippen molar-refractivity contribution >= 4 is 39.5 Å². The number of esters is 4. The third-order valence-electron chi connectivity index (χ3n) is 15.8. The molecule has 582 valence electrons. The lowest BCUT2D eigenvalue weighted by atomic mass is 10.0. The zero-order valence-electron chi connectivity index (χ0n) is 63.5. The average Bonchev–Trinajstić information content (AvgIpc) is 0.939. The molecule has 0 fully saturated rings. The van der Waals surface area contributed by atoms with Crippen LogP contribution in [0.25, 0.3) is 0 Å². The number of phosphoric acid groups is 2. The summed E-state index contributed by atoms with van der Waals surface area (Å²) in [6.45, 7) is 4.41. The van der Waals surface area contributed by atoms with Gasteiger partial charge < -0.3 is 33.8 Å². The van der Waals surface area contributed by atoms with Gasteiger partial charge in [0.1, 0.15) is 19.3 Å². The highest BCUT2D eigenvalue weighted by atomic mass is 31.2. The molecular formula is C83H138O17P2. The number of unbranched alkanes of at least 4 members (excludes halogenated alkanes) is 22. The summed E-state index contributed by atoms with van der Waals surface area (Å²) < 4.78 is 68.5. The molecule has 0 aliphatic heterocycles. The van der Waals surface area contributed by atoms with Gasteiger partial charge in [0.2, 0.25) is 0 Å². The summed E-state index contributed by atoms with van der Waals surface area (Å²) in [4.78, 5) is 72.9. The number of rotatable bonds is 72. The summed E-state index contributed by atoms with van der Waals surface area (Å²) in [5, 5.41) is 10.6. The van der Waals surface area contributed by atoms with E-state index in [1.54, 1.807) is 0 Å². The van der Waals surface area contributed by atoms with Crippen molar-refractivity contribution in [2.75, 3.05) is 39.6 Å². The number of hydrogen-bond acceptors (Lipinski definition) is 15. The molecule has 17 nitrogen and oxygen atoms in total. The fraction of sp³-hybridized carbons (Fsp3) is 0.663. The SMILES string of the molecule is CC/C=C\C/C=C\C/C=C\C/C=C\C/C=C\CCCC(=O)OCC(COP(=O)(O)OCC(O)COP(=O)(O)OCC(COC(=O)CCCCCCCCC/C=C\C/C=C\C/C=C\CC)OC(=O)CCCCCCCCCCCCCCC)OC(=O)CCCC/C=C\C/C=C\C/C=C\C/C=C\CC. The van der Waals surface area contributed by atoms with Crippen molar-refractivity contribution < 1.29 is 80.2 Å². The molecule has 0 bridgehead atoms. The molecule has 0 aliphatic carbocycles. The van der Waals surface area contributed by atoms with Gasteiger partial charge >= 0.3 is 39.5 Å². The first-order chi connectivity index (χ1) is 49.7. The number of carbonyl (C=O) groups excluding carboxylic acids is 4. The fourth-order valence-corrected chi connectivity index (χ4v) is 11.5. The van der Waals surface area contributed by atoms with Crippen molar-refractivity contribution in [3.05, 3.63) is 146 Å². The summed E-state index contributed by atoms with van der Waals surface area (Å²) in [5.41, 5.74) is 0. The monoisotopic (exact) mass is 1470 g/mol. The van der Waals surface area contributed by atoms with E-state index in [0.29, 0.717) is 38.5 Å². The maximum absolute atomic E-state index is 13.1. The third kappa shape index (κ3) is 73.3. The predicted molar refractivity (Wildman–Crippen MR) is 417 cm³/mol. The highest BCUT2D eigenvalue weighted by Gasteiger charge is 2.30. The van der Waals surface area contributed by atoms with E-state index in [9.17, 15) is 43.2 Å². The van der Waals surface area contributed by atoms with Gasteiger partial charge in [-0.25, -0.2) is 9.13 Å². The zero-order valence-corrected chi connectivity index (χ0v) is 65.3. The number of ether oxygens (including phenoxy) is 4. The van der Waals surface area contributed by atoms with Gasteiger partial charge in [-0.2, -0.15) is 0 Å². The van der Waals surface area contributed by atoms with Crippen LogP contribution in [-0.2, 0) is 65.4 Å². The Balaban J connectivity index is 5.44. The van der Waals surface area contributed by atoms with Crippen molar-refractivity contribution in [3.63, 3.8) is 0 Å². The second-order valence-electron chi connectivity index (χ2n) is 25.5. The minimum absolute atomic E-state index is 0.0264. The van der Waals surface area contributed by atoms with E-state index in [1.807, 2.05) is 12.2 Å². The molecular weight excluding hydrogens is 1330 g/mol. The third-order valence-corrected chi connectivity index (χ3v) is 17.7. The van der Waals surface area contributed by atoms with Crippen LogP contribution >= 0.6 is 15.6 Å². The topological polar surface area (TPSA) is 237 Å². The van der Waals surface area contributed by atoms with Gasteiger partial charge in [-0.15, -0.1) is 0 Å². The smallest absolute Gasteiger partial charge is 0.462 e. The van der Waals surface area contributed by atoms with E-state index in [0.717, 1.165) is 154 Å². The van der Waals surface area contributed by atoms with Gasteiger partial charge in [-0.3, -0.25) is 37.3 Å². The second-order valence-corrected chi connectivity index (χ2v) is 28.4. The molecule has 0 radical (unpaired) electrons. The van der Waals surface area contributed by atoms with Crippen molar-refractivity contribution in [1.82, 2.24) is 0 Å². The molecule has 3 N–H and O–H groups in total. The molecule has 0 saturated heterocycles. The van der Waals surface area contributed by atoms with Gasteiger partial charge in [-0.1, -0.05) is 283 Å². The van der Waals surface area contributed by atoms with E-state index in [4.69, 9.17) is 37.0 Å². The van der Waals surface area contributed by atoms with Gasteiger partial charge in [0.05, 0.1) is 26.4 Å². The van der Waals surface area contributed by atoms with Crippen LogP contribution in [-0.4, -0.2) is 96.7 Å². The highest BCUT2D eigenvalue weighted by Crippen LogP contribution is 2.45. The minimum Gasteiger partial charge on any atom is -0.462 e. The molecule has 0 rings (SSSR count). The van der Waals surface area contributed by atoms with Crippen LogP contribution in [0.15, 0.2) is 146 Å². The van der Waals surface area contributed by atoms with Crippen LogP contribution in [0.1, 0.15) is 297 Å². The lowest BCUT2D eigenvalue weighted by Gasteiger charge is -2.21. The molecule has 0 aliphatic rings. The Morgan fingerprint density at radius 1 is 0.284 bits per heavy atom. The molecule has 0 aromatic rings. The first-order valence-corrected chi connectivity index (χ1v) is 42.1. The Morgan fingerprint density at radius 3 is 0.843 bits per heavy atom. The van der Waals surface area contributed by atoms with Crippen molar-refractivity contribution in [2.45, 2.75) is 316 Å². The largest absolute Gasteiger partial charge is 0.472 e. The molecule has 0 aromatic heterocycles. The van der Waals surface area contributed by atoms with Crippen LogP contribution in [0.4, 0.5) is 0 Å². The number of phosphoric ester groups is 2. The first-order valence-electron chi connectivity index (χ1n) is 39.1. The van der Waals surface area contributed by atoms with Crippen LogP contribution in [0.3, 0.4) is 0 Å². The van der Waals surface area contributed by atoms with Crippen molar-refractivity contribution in [2.24, 2.45) is 0 Å². The molecule has 0 amide bonds. The van der Waals surface area contributed by atoms with E-state index in [-0.39, 0.29) is 25.7 Å². The molecule has 0 aromatic carbocycles. The Kier molecular flexibility index (Phi) is 70.5. The van der Waals surface area contributed by atoms with Crippen LogP contribution in [0, 0.1) is 0 Å². The number of hydrogen-bond donors (Lipinski definition) is 3. The van der Waals surface area contributed by atoms with Crippen molar-refractivity contribution in [1.29, 1.82) is 0 Å². The molecule has 102 heavy (non-hydrogen) atoms. The fourth-order valence-electron chi connectivity index (χ4n) is 9.97.